The molecule has 0 bridgehead atoms. The van der Waals surface area contributed by atoms with Gasteiger partial charge in [-0.15, -0.1) is 0 Å². The minimum absolute atomic E-state index is 0.0632. The number of benzene rings is 1. The van der Waals surface area contributed by atoms with E-state index in [4.69, 9.17) is 4.74 Å². The van der Waals surface area contributed by atoms with Gasteiger partial charge in [0.05, 0.1) is 10.5 Å². The van der Waals surface area contributed by atoms with Crippen LogP contribution in [0.25, 0.3) is 0 Å². The smallest absolute Gasteiger partial charge is 0.338 e. The van der Waals surface area contributed by atoms with Crippen molar-refractivity contribution < 1.29 is 22.7 Å². The first-order valence-corrected chi connectivity index (χ1v) is 8.92. The predicted molar refractivity (Wildman–Crippen MR) is 85.5 cm³/mol. The quantitative estimate of drug-likeness (QED) is 0.516. The van der Waals surface area contributed by atoms with Gasteiger partial charge in [0.2, 0.25) is 10.0 Å². The standard InChI is InChI=1S/C15H22N2O5S/c1-3-5-10-16-14(18)11-22-15(19)12-6-8-13(9-7-12)23(20,21)17-4-2/h6-9,17H,3-5,10-11H2,1-2H3,(H,16,18). The van der Waals surface area contributed by atoms with E-state index in [-0.39, 0.29) is 29.5 Å². The zero-order chi connectivity index (χ0) is 17.3. The maximum Gasteiger partial charge on any atom is 0.338 e. The Morgan fingerprint density at radius 2 is 1.78 bits per heavy atom. The van der Waals surface area contributed by atoms with Crippen LogP contribution < -0.4 is 10.0 Å². The van der Waals surface area contributed by atoms with Crippen LogP contribution in [0.1, 0.15) is 37.0 Å². The summed E-state index contributed by atoms with van der Waals surface area (Å²) in [4.78, 5) is 23.3. The van der Waals surface area contributed by atoms with Gasteiger partial charge in [-0.05, 0) is 30.7 Å². The number of amides is 1. The molecule has 0 aliphatic heterocycles. The highest BCUT2D eigenvalue weighted by Gasteiger charge is 2.15. The summed E-state index contributed by atoms with van der Waals surface area (Å²) in [5.74, 6) is -1.04. The van der Waals surface area contributed by atoms with Crippen molar-refractivity contribution in [3.63, 3.8) is 0 Å². The molecule has 0 fully saturated rings. The van der Waals surface area contributed by atoms with Crippen LogP contribution in [0.2, 0.25) is 0 Å². The summed E-state index contributed by atoms with van der Waals surface area (Å²) in [7, 11) is -3.56. The van der Waals surface area contributed by atoms with E-state index < -0.39 is 16.0 Å². The lowest BCUT2D eigenvalue weighted by Crippen LogP contribution is -2.29. The highest BCUT2D eigenvalue weighted by atomic mass is 32.2. The molecule has 1 aromatic rings. The van der Waals surface area contributed by atoms with Crippen molar-refractivity contribution in [1.82, 2.24) is 10.0 Å². The number of hydrogen-bond acceptors (Lipinski definition) is 5. The molecule has 8 heteroatoms. The number of unbranched alkanes of at least 4 members (excludes halogenated alkanes) is 1. The molecule has 2 N–H and O–H groups in total. The maximum absolute atomic E-state index is 11.8. The fourth-order valence-corrected chi connectivity index (χ4v) is 2.75. The number of nitrogens with one attached hydrogen (secondary N) is 2. The van der Waals surface area contributed by atoms with Gasteiger partial charge in [0.25, 0.3) is 5.91 Å². The number of hydrogen-bond donors (Lipinski definition) is 2. The van der Waals surface area contributed by atoms with Gasteiger partial charge in [0, 0.05) is 13.1 Å². The Balaban J connectivity index is 2.56. The topological polar surface area (TPSA) is 102 Å². The summed E-state index contributed by atoms with van der Waals surface area (Å²) in [6.07, 6.45) is 1.82. The molecule has 1 amide bonds. The summed E-state index contributed by atoms with van der Waals surface area (Å²) < 4.78 is 30.8. The average Bonchev–Trinajstić information content (AvgIpc) is 2.53. The first-order chi connectivity index (χ1) is 10.9. The van der Waals surface area contributed by atoms with E-state index in [0.29, 0.717) is 6.54 Å². The van der Waals surface area contributed by atoms with E-state index >= 15 is 0 Å². The second-order valence-electron chi connectivity index (χ2n) is 4.81. The van der Waals surface area contributed by atoms with Crippen molar-refractivity contribution in [3.05, 3.63) is 29.8 Å². The van der Waals surface area contributed by atoms with Crippen LogP contribution >= 0.6 is 0 Å². The van der Waals surface area contributed by atoms with Crippen LogP contribution in [0.15, 0.2) is 29.2 Å². The molecule has 1 rings (SSSR count). The highest BCUT2D eigenvalue weighted by molar-refractivity contribution is 7.89. The molecule has 0 unspecified atom stereocenters. The van der Waals surface area contributed by atoms with Crippen LogP contribution in [0.3, 0.4) is 0 Å². The SMILES string of the molecule is CCCCNC(=O)COC(=O)c1ccc(S(=O)(=O)NCC)cc1. The molecule has 0 heterocycles. The number of ether oxygens (including phenoxy) is 1. The lowest BCUT2D eigenvalue weighted by molar-refractivity contribution is -0.124. The molecular formula is C15H22N2O5S. The van der Waals surface area contributed by atoms with E-state index in [1.807, 2.05) is 6.92 Å². The molecule has 0 saturated carbocycles. The van der Waals surface area contributed by atoms with Gasteiger partial charge in [-0.25, -0.2) is 17.9 Å². The molecule has 23 heavy (non-hydrogen) atoms. The van der Waals surface area contributed by atoms with Crippen molar-refractivity contribution in [3.8, 4) is 0 Å². The van der Waals surface area contributed by atoms with Gasteiger partial charge in [-0.1, -0.05) is 20.3 Å². The van der Waals surface area contributed by atoms with E-state index in [1.165, 1.54) is 24.3 Å². The Labute approximate surface area is 136 Å². The Hall–Kier alpha value is -1.93. The second kappa shape index (κ2) is 9.26. The van der Waals surface area contributed by atoms with Gasteiger partial charge in [0.15, 0.2) is 6.61 Å². The van der Waals surface area contributed by atoms with Crippen LogP contribution in [-0.4, -0.2) is 40.0 Å². The van der Waals surface area contributed by atoms with E-state index in [9.17, 15) is 18.0 Å². The zero-order valence-electron chi connectivity index (χ0n) is 13.3. The summed E-state index contributed by atoms with van der Waals surface area (Å²) in [5.41, 5.74) is 0.182. The minimum atomic E-state index is -3.56. The lowest BCUT2D eigenvalue weighted by atomic mass is 10.2. The number of esters is 1. The van der Waals surface area contributed by atoms with E-state index in [2.05, 4.69) is 10.0 Å². The molecule has 0 radical (unpaired) electrons. The fourth-order valence-electron chi connectivity index (χ4n) is 1.71. The number of rotatable bonds is 9. The average molecular weight is 342 g/mol. The van der Waals surface area contributed by atoms with E-state index in [0.717, 1.165) is 12.8 Å². The third kappa shape index (κ3) is 6.37. The summed E-state index contributed by atoms with van der Waals surface area (Å²) in [5, 5.41) is 2.63. The van der Waals surface area contributed by atoms with Crippen molar-refractivity contribution in [2.75, 3.05) is 19.7 Å². The van der Waals surface area contributed by atoms with Crippen molar-refractivity contribution in [2.24, 2.45) is 0 Å². The maximum atomic E-state index is 11.8. The molecule has 0 spiro atoms. The number of carbonyl (C=O) groups excluding carboxylic acids is 2. The van der Waals surface area contributed by atoms with Crippen LogP contribution in [0.5, 0.6) is 0 Å². The van der Waals surface area contributed by atoms with Crippen molar-refractivity contribution in [2.45, 2.75) is 31.6 Å². The number of sulfonamides is 1. The summed E-state index contributed by atoms with van der Waals surface area (Å²) in [6.45, 7) is 4.14. The van der Waals surface area contributed by atoms with E-state index in [1.54, 1.807) is 6.92 Å². The van der Waals surface area contributed by atoms with Gasteiger partial charge < -0.3 is 10.1 Å². The van der Waals surface area contributed by atoms with Crippen molar-refractivity contribution in [1.29, 1.82) is 0 Å². The molecular weight excluding hydrogens is 320 g/mol. The zero-order valence-corrected chi connectivity index (χ0v) is 14.1. The monoisotopic (exact) mass is 342 g/mol. The van der Waals surface area contributed by atoms with Crippen LogP contribution in [-0.2, 0) is 19.6 Å². The minimum Gasteiger partial charge on any atom is -0.452 e. The molecule has 1 aromatic carbocycles. The van der Waals surface area contributed by atoms with Gasteiger partial charge >= 0.3 is 5.97 Å². The molecule has 0 saturated heterocycles. The first-order valence-electron chi connectivity index (χ1n) is 7.44. The Morgan fingerprint density at radius 1 is 1.13 bits per heavy atom. The number of carbonyl (C=O) groups is 2. The largest absolute Gasteiger partial charge is 0.452 e. The normalized spacial score (nSPS) is 11.0. The molecule has 7 nitrogen and oxygen atoms in total. The van der Waals surface area contributed by atoms with Gasteiger partial charge in [-0.3, -0.25) is 4.79 Å². The van der Waals surface area contributed by atoms with Crippen LogP contribution in [0, 0.1) is 0 Å². The molecule has 0 aromatic heterocycles. The Bertz CT molecular complexity index is 626. The fraction of sp³-hybridized carbons (Fsp3) is 0.467. The van der Waals surface area contributed by atoms with Gasteiger partial charge in [0.1, 0.15) is 0 Å². The third-order valence-electron chi connectivity index (χ3n) is 2.92. The molecule has 0 aliphatic carbocycles. The summed E-state index contributed by atoms with van der Waals surface area (Å²) >= 11 is 0. The Morgan fingerprint density at radius 3 is 2.35 bits per heavy atom. The summed E-state index contributed by atoms with van der Waals surface area (Å²) in [6, 6.07) is 5.33. The Kier molecular flexibility index (Phi) is 7.70. The van der Waals surface area contributed by atoms with Gasteiger partial charge in [-0.2, -0.15) is 0 Å². The first kappa shape index (κ1) is 19.1. The highest BCUT2D eigenvalue weighted by Crippen LogP contribution is 2.11. The molecule has 128 valence electrons. The molecule has 0 aliphatic rings. The molecule has 0 atom stereocenters. The predicted octanol–water partition coefficient (Wildman–Crippen LogP) is 1.06. The lowest BCUT2D eigenvalue weighted by Gasteiger charge is -2.07. The van der Waals surface area contributed by atoms with Crippen LogP contribution in [0.4, 0.5) is 0 Å². The van der Waals surface area contributed by atoms with Crippen molar-refractivity contribution >= 4 is 21.9 Å². The second-order valence-corrected chi connectivity index (χ2v) is 6.57. The third-order valence-corrected chi connectivity index (χ3v) is 4.48.